The number of benzene rings is 3. The highest BCUT2D eigenvalue weighted by molar-refractivity contribution is 7.86. The first-order valence-corrected chi connectivity index (χ1v) is 11.5. The van der Waals surface area contributed by atoms with Crippen molar-refractivity contribution in [1.29, 1.82) is 0 Å². The summed E-state index contributed by atoms with van der Waals surface area (Å²) in [5.74, 6) is -1.46. The zero-order valence-electron chi connectivity index (χ0n) is 15.4. The van der Waals surface area contributed by atoms with E-state index in [2.05, 4.69) is 0 Å². The standard InChI is InChI=1S/C20H13NO8S2/c21-18-15(31(27,28)29)9-13(10-5-3-4-8-14(10)30(24,25)26)16-17(18)20(23)12-7-2-1-6-11(12)19(16)22/h1-9H,21H2,(H,24,25,26)(H,27,28,29). The van der Waals surface area contributed by atoms with Crippen LogP contribution in [0.25, 0.3) is 11.1 Å². The number of ketones is 2. The molecular weight excluding hydrogens is 446 g/mol. The van der Waals surface area contributed by atoms with Gasteiger partial charge in [-0.15, -0.1) is 0 Å². The highest BCUT2D eigenvalue weighted by atomic mass is 32.2. The Hall–Kier alpha value is -3.38. The van der Waals surface area contributed by atoms with E-state index in [0.717, 1.165) is 12.1 Å². The topological polar surface area (TPSA) is 169 Å². The molecule has 0 atom stereocenters. The Morgan fingerprint density at radius 3 is 1.58 bits per heavy atom. The molecule has 0 saturated heterocycles. The summed E-state index contributed by atoms with van der Waals surface area (Å²) in [6, 6.07) is 11.6. The van der Waals surface area contributed by atoms with Gasteiger partial charge in [0.15, 0.2) is 11.6 Å². The Morgan fingerprint density at radius 2 is 1.06 bits per heavy atom. The van der Waals surface area contributed by atoms with Crippen molar-refractivity contribution in [3.8, 4) is 11.1 Å². The molecule has 0 aromatic heterocycles. The molecule has 3 aromatic rings. The Labute approximate surface area is 176 Å². The smallest absolute Gasteiger partial charge is 0.296 e. The van der Waals surface area contributed by atoms with Gasteiger partial charge in [-0.3, -0.25) is 18.7 Å². The molecule has 0 bridgehead atoms. The number of anilines is 1. The van der Waals surface area contributed by atoms with Crippen LogP contribution in [0.15, 0.2) is 64.4 Å². The molecule has 0 amide bonds. The maximum Gasteiger partial charge on any atom is 0.296 e. The Bertz CT molecular complexity index is 1520. The fourth-order valence-electron chi connectivity index (χ4n) is 3.63. The molecule has 9 nitrogen and oxygen atoms in total. The molecule has 3 aromatic carbocycles. The molecule has 11 heteroatoms. The van der Waals surface area contributed by atoms with Crippen LogP contribution in [0.2, 0.25) is 0 Å². The lowest BCUT2D eigenvalue weighted by Gasteiger charge is -2.23. The summed E-state index contributed by atoms with van der Waals surface area (Å²) < 4.78 is 67.0. The lowest BCUT2D eigenvalue weighted by Crippen LogP contribution is -2.25. The van der Waals surface area contributed by atoms with Gasteiger partial charge in [0.25, 0.3) is 20.2 Å². The highest BCUT2D eigenvalue weighted by Gasteiger charge is 2.37. The number of hydrogen-bond acceptors (Lipinski definition) is 7. The molecule has 1 aliphatic carbocycles. The normalized spacial score (nSPS) is 13.6. The third-order valence-corrected chi connectivity index (χ3v) is 6.74. The van der Waals surface area contributed by atoms with Gasteiger partial charge in [-0.05, 0) is 17.7 Å². The maximum absolute atomic E-state index is 13.3. The molecule has 0 unspecified atom stereocenters. The van der Waals surface area contributed by atoms with Crippen LogP contribution in [-0.2, 0) is 20.2 Å². The summed E-state index contributed by atoms with van der Waals surface area (Å²) in [6.07, 6.45) is 0. The van der Waals surface area contributed by atoms with Gasteiger partial charge < -0.3 is 5.73 Å². The zero-order valence-corrected chi connectivity index (χ0v) is 17.1. The Morgan fingerprint density at radius 1 is 0.613 bits per heavy atom. The second kappa shape index (κ2) is 6.82. The van der Waals surface area contributed by atoms with Gasteiger partial charge in [-0.2, -0.15) is 16.8 Å². The van der Waals surface area contributed by atoms with Crippen molar-refractivity contribution in [1.82, 2.24) is 0 Å². The summed E-state index contributed by atoms with van der Waals surface area (Å²) in [5.41, 5.74) is 3.91. The number of nitrogen functional groups attached to an aromatic ring is 1. The van der Waals surface area contributed by atoms with E-state index in [1.54, 1.807) is 0 Å². The summed E-state index contributed by atoms with van der Waals surface area (Å²) in [4.78, 5) is 24.9. The maximum atomic E-state index is 13.3. The van der Waals surface area contributed by atoms with E-state index in [4.69, 9.17) is 5.73 Å². The SMILES string of the molecule is Nc1c(S(=O)(=O)O)cc(-c2ccccc2S(=O)(=O)O)c2c1C(=O)c1ccccc1C2=O. The van der Waals surface area contributed by atoms with Crippen LogP contribution in [-0.4, -0.2) is 37.5 Å². The minimum Gasteiger partial charge on any atom is -0.397 e. The van der Waals surface area contributed by atoms with Crippen molar-refractivity contribution < 1.29 is 35.5 Å². The quantitative estimate of drug-likeness (QED) is 0.307. The number of nitrogens with two attached hydrogens (primary N) is 1. The lowest BCUT2D eigenvalue weighted by molar-refractivity contribution is 0.0980. The van der Waals surface area contributed by atoms with Crippen LogP contribution in [0.1, 0.15) is 31.8 Å². The van der Waals surface area contributed by atoms with Crippen molar-refractivity contribution in [2.45, 2.75) is 9.79 Å². The fourth-order valence-corrected chi connectivity index (χ4v) is 4.99. The monoisotopic (exact) mass is 459 g/mol. The third-order valence-electron chi connectivity index (χ3n) is 4.93. The summed E-state index contributed by atoms with van der Waals surface area (Å²) in [7, 11) is -9.76. The molecule has 158 valence electrons. The van der Waals surface area contributed by atoms with Crippen molar-refractivity contribution in [3.63, 3.8) is 0 Å². The van der Waals surface area contributed by atoms with Gasteiger partial charge in [-0.1, -0.05) is 42.5 Å². The van der Waals surface area contributed by atoms with Crippen molar-refractivity contribution in [2.75, 3.05) is 5.73 Å². The predicted molar refractivity (Wildman–Crippen MR) is 109 cm³/mol. The fraction of sp³-hybridized carbons (Fsp3) is 0. The van der Waals surface area contributed by atoms with Gasteiger partial charge in [0.05, 0.1) is 11.3 Å². The minimum atomic E-state index is -4.96. The molecule has 1 aliphatic rings. The number of hydrogen-bond donors (Lipinski definition) is 3. The van der Waals surface area contributed by atoms with E-state index < -0.39 is 52.8 Å². The molecule has 4 N–H and O–H groups in total. The van der Waals surface area contributed by atoms with Crippen LogP contribution < -0.4 is 5.73 Å². The number of rotatable bonds is 3. The first-order valence-electron chi connectivity index (χ1n) is 8.62. The minimum absolute atomic E-state index is 0.0181. The second-order valence-corrected chi connectivity index (χ2v) is 9.52. The van der Waals surface area contributed by atoms with Crippen LogP contribution in [0.5, 0.6) is 0 Å². The largest absolute Gasteiger partial charge is 0.397 e. The van der Waals surface area contributed by atoms with E-state index in [1.165, 1.54) is 42.5 Å². The van der Waals surface area contributed by atoms with Crippen molar-refractivity contribution in [2.24, 2.45) is 0 Å². The Kier molecular flexibility index (Phi) is 4.59. The van der Waals surface area contributed by atoms with Gasteiger partial charge in [-0.25, -0.2) is 0 Å². The molecule has 0 saturated carbocycles. The van der Waals surface area contributed by atoms with Crippen molar-refractivity contribution in [3.05, 3.63) is 76.9 Å². The van der Waals surface area contributed by atoms with Gasteiger partial charge >= 0.3 is 0 Å². The third kappa shape index (κ3) is 3.24. The average molecular weight is 459 g/mol. The van der Waals surface area contributed by atoms with E-state index in [-0.39, 0.29) is 27.8 Å². The van der Waals surface area contributed by atoms with E-state index >= 15 is 0 Å². The molecular formula is C20H13NO8S2. The molecule has 0 heterocycles. The molecule has 4 rings (SSSR count). The summed E-state index contributed by atoms with van der Waals surface area (Å²) in [5, 5.41) is 0. The van der Waals surface area contributed by atoms with Crippen LogP contribution in [0.4, 0.5) is 5.69 Å². The molecule has 0 spiro atoms. The van der Waals surface area contributed by atoms with Crippen LogP contribution in [0, 0.1) is 0 Å². The molecule has 0 aliphatic heterocycles. The highest BCUT2D eigenvalue weighted by Crippen LogP contribution is 2.42. The van der Waals surface area contributed by atoms with Gasteiger partial charge in [0.1, 0.15) is 9.79 Å². The first kappa shape index (κ1) is 20.9. The second-order valence-electron chi connectivity index (χ2n) is 6.74. The molecule has 31 heavy (non-hydrogen) atoms. The zero-order chi connectivity index (χ0) is 22.7. The predicted octanol–water partition coefficient (Wildman–Crippen LogP) is 2.20. The van der Waals surface area contributed by atoms with Crippen LogP contribution in [0.3, 0.4) is 0 Å². The lowest BCUT2D eigenvalue weighted by atomic mass is 9.79. The molecule has 0 fully saturated rings. The molecule has 0 radical (unpaired) electrons. The average Bonchev–Trinajstić information content (AvgIpc) is 2.70. The van der Waals surface area contributed by atoms with Crippen molar-refractivity contribution >= 4 is 37.5 Å². The van der Waals surface area contributed by atoms with E-state index in [9.17, 15) is 35.5 Å². The number of carbonyl (C=O) groups is 2. The number of carbonyl (C=O) groups excluding carboxylic acids is 2. The first-order chi connectivity index (χ1) is 14.4. The summed E-state index contributed by atoms with van der Waals surface area (Å²) >= 11 is 0. The van der Waals surface area contributed by atoms with E-state index in [0.29, 0.717) is 0 Å². The van der Waals surface area contributed by atoms with Gasteiger partial charge in [0.2, 0.25) is 0 Å². The number of fused-ring (bicyclic) bond motifs is 2. The van der Waals surface area contributed by atoms with Crippen LogP contribution >= 0.6 is 0 Å². The Balaban J connectivity index is 2.22. The summed E-state index contributed by atoms with van der Waals surface area (Å²) in [6.45, 7) is 0. The van der Waals surface area contributed by atoms with E-state index in [1.807, 2.05) is 0 Å². The van der Waals surface area contributed by atoms with Gasteiger partial charge in [0, 0.05) is 22.3 Å².